The zero-order valence-corrected chi connectivity index (χ0v) is 10.6. The molecule has 1 rings (SSSR count). The van der Waals surface area contributed by atoms with Crippen molar-refractivity contribution in [2.45, 2.75) is 6.92 Å². The van der Waals surface area contributed by atoms with Crippen molar-refractivity contribution in [3.05, 3.63) is 28.8 Å². The number of amides is 1. The Morgan fingerprint density at radius 3 is 2.61 bits per heavy atom. The molecule has 0 atom stereocenters. The maximum Gasteiger partial charge on any atom is 0.328 e. The fourth-order valence-electron chi connectivity index (χ4n) is 1.38. The summed E-state index contributed by atoms with van der Waals surface area (Å²) < 4.78 is 5.10. The standard InChI is InChI=1S/C12H12ClNO4/c1-7(15)14-11-8(4-6-10(16)17)3-5-9(13)12(11)18-2/h3-6H,1-2H3,(H,14,15)(H,16,17). The highest BCUT2D eigenvalue weighted by Gasteiger charge is 2.13. The summed E-state index contributed by atoms with van der Waals surface area (Å²) in [6.45, 7) is 1.34. The number of carboxylic acid groups (broad SMARTS) is 1. The maximum absolute atomic E-state index is 11.1. The molecule has 0 radical (unpaired) electrons. The van der Waals surface area contributed by atoms with E-state index in [2.05, 4.69) is 5.32 Å². The Morgan fingerprint density at radius 2 is 2.11 bits per heavy atom. The van der Waals surface area contributed by atoms with Crippen LogP contribution in [-0.2, 0) is 9.59 Å². The molecule has 18 heavy (non-hydrogen) atoms. The molecule has 1 amide bonds. The van der Waals surface area contributed by atoms with E-state index in [0.717, 1.165) is 6.08 Å². The Hall–Kier alpha value is -2.01. The van der Waals surface area contributed by atoms with E-state index in [0.29, 0.717) is 22.0 Å². The van der Waals surface area contributed by atoms with E-state index in [1.165, 1.54) is 20.1 Å². The van der Waals surface area contributed by atoms with Gasteiger partial charge in [-0.25, -0.2) is 4.79 Å². The molecule has 0 aliphatic carbocycles. The lowest BCUT2D eigenvalue weighted by Crippen LogP contribution is -2.09. The van der Waals surface area contributed by atoms with Gasteiger partial charge in [0.1, 0.15) is 0 Å². The molecule has 0 aliphatic heterocycles. The summed E-state index contributed by atoms with van der Waals surface area (Å²) in [6.07, 6.45) is 2.32. The number of benzene rings is 1. The van der Waals surface area contributed by atoms with Crippen LogP contribution >= 0.6 is 11.6 Å². The first-order chi connectivity index (χ1) is 8.45. The Balaban J connectivity index is 3.32. The van der Waals surface area contributed by atoms with Gasteiger partial charge in [0.05, 0.1) is 17.8 Å². The Labute approximate surface area is 109 Å². The van der Waals surface area contributed by atoms with Gasteiger partial charge >= 0.3 is 5.97 Å². The number of anilines is 1. The van der Waals surface area contributed by atoms with Crippen molar-refractivity contribution in [1.82, 2.24) is 0 Å². The van der Waals surface area contributed by atoms with Gasteiger partial charge in [0, 0.05) is 18.6 Å². The van der Waals surface area contributed by atoms with Crippen LogP contribution in [-0.4, -0.2) is 24.1 Å². The number of hydrogen-bond acceptors (Lipinski definition) is 3. The van der Waals surface area contributed by atoms with Gasteiger partial charge < -0.3 is 15.2 Å². The first-order valence-corrected chi connectivity index (χ1v) is 5.38. The first-order valence-electron chi connectivity index (χ1n) is 5.00. The number of carbonyl (C=O) groups is 2. The maximum atomic E-state index is 11.1. The molecule has 5 nitrogen and oxygen atoms in total. The van der Waals surface area contributed by atoms with Crippen LogP contribution in [0, 0.1) is 0 Å². The molecular formula is C12H12ClNO4. The summed E-state index contributed by atoms with van der Waals surface area (Å²) in [4.78, 5) is 21.6. The van der Waals surface area contributed by atoms with E-state index < -0.39 is 5.97 Å². The van der Waals surface area contributed by atoms with Gasteiger partial charge in [-0.2, -0.15) is 0 Å². The Kier molecular flexibility index (Phi) is 4.74. The molecule has 0 saturated heterocycles. The van der Waals surface area contributed by atoms with Crippen molar-refractivity contribution in [3.63, 3.8) is 0 Å². The van der Waals surface area contributed by atoms with Crippen molar-refractivity contribution < 1.29 is 19.4 Å². The van der Waals surface area contributed by atoms with Crippen molar-refractivity contribution >= 4 is 35.2 Å². The number of ether oxygens (including phenoxy) is 1. The average Bonchev–Trinajstić information content (AvgIpc) is 2.27. The molecule has 2 N–H and O–H groups in total. The predicted molar refractivity (Wildman–Crippen MR) is 69.0 cm³/mol. The van der Waals surface area contributed by atoms with E-state index in [4.69, 9.17) is 21.4 Å². The monoisotopic (exact) mass is 269 g/mol. The molecular weight excluding hydrogens is 258 g/mol. The van der Waals surface area contributed by atoms with Gasteiger partial charge in [0.15, 0.2) is 5.75 Å². The number of methoxy groups -OCH3 is 1. The topological polar surface area (TPSA) is 75.6 Å². The molecule has 1 aromatic rings. The average molecular weight is 270 g/mol. The molecule has 0 spiro atoms. The van der Waals surface area contributed by atoms with E-state index in [9.17, 15) is 9.59 Å². The molecule has 0 fully saturated rings. The van der Waals surface area contributed by atoms with Crippen molar-refractivity contribution in [1.29, 1.82) is 0 Å². The Bertz CT molecular complexity index is 511. The second-order valence-electron chi connectivity index (χ2n) is 3.40. The van der Waals surface area contributed by atoms with Crippen molar-refractivity contribution in [3.8, 4) is 5.75 Å². The lowest BCUT2D eigenvalue weighted by atomic mass is 10.1. The van der Waals surface area contributed by atoms with E-state index in [1.54, 1.807) is 12.1 Å². The molecule has 96 valence electrons. The molecule has 0 unspecified atom stereocenters. The molecule has 0 aliphatic rings. The minimum absolute atomic E-state index is 0.291. The largest absolute Gasteiger partial charge is 0.493 e. The summed E-state index contributed by atoms with van der Waals surface area (Å²) >= 11 is 5.93. The summed E-state index contributed by atoms with van der Waals surface area (Å²) in [5.74, 6) is -1.10. The highest BCUT2D eigenvalue weighted by Crippen LogP contribution is 2.36. The first kappa shape index (κ1) is 14.1. The molecule has 0 saturated carbocycles. The fourth-order valence-corrected chi connectivity index (χ4v) is 1.61. The number of nitrogens with one attached hydrogen (secondary N) is 1. The molecule has 0 bridgehead atoms. The minimum Gasteiger partial charge on any atom is -0.493 e. The van der Waals surface area contributed by atoms with Crippen molar-refractivity contribution in [2.24, 2.45) is 0 Å². The van der Waals surface area contributed by atoms with Crippen LogP contribution in [0.5, 0.6) is 5.75 Å². The summed E-state index contributed by atoms with van der Waals surface area (Å²) in [5.41, 5.74) is 0.837. The van der Waals surface area contributed by atoms with Crippen LogP contribution in [0.15, 0.2) is 18.2 Å². The second-order valence-corrected chi connectivity index (χ2v) is 3.80. The number of aliphatic carboxylic acids is 1. The number of halogens is 1. The third-order valence-corrected chi connectivity index (χ3v) is 2.35. The normalized spacial score (nSPS) is 10.4. The molecule has 6 heteroatoms. The van der Waals surface area contributed by atoms with E-state index in [-0.39, 0.29) is 5.91 Å². The van der Waals surface area contributed by atoms with Crippen LogP contribution in [0.4, 0.5) is 5.69 Å². The zero-order valence-electron chi connectivity index (χ0n) is 9.86. The lowest BCUT2D eigenvalue weighted by Gasteiger charge is -2.13. The highest BCUT2D eigenvalue weighted by atomic mass is 35.5. The number of rotatable bonds is 4. The minimum atomic E-state index is -1.09. The number of carbonyl (C=O) groups excluding carboxylic acids is 1. The lowest BCUT2D eigenvalue weighted by molar-refractivity contribution is -0.131. The predicted octanol–water partition coefficient (Wildman–Crippen LogP) is 2.40. The van der Waals surface area contributed by atoms with Crippen LogP contribution < -0.4 is 10.1 Å². The smallest absolute Gasteiger partial charge is 0.328 e. The summed E-state index contributed by atoms with van der Waals surface area (Å²) in [5, 5.41) is 11.5. The van der Waals surface area contributed by atoms with Gasteiger partial charge in [-0.3, -0.25) is 4.79 Å². The number of hydrogen-bond donors (Lipinski definition) is 2. The van der Waals surface area contributed by atoms with Gasteiger partial charge in [-0.05, 0) is 12.1 Å². The van der Waals surface area contributed by atoms with Gasteiger partial charge in [0.2, 0.25) is 5.91 Å². The highest BCUT2D eigenvalue weighted by molar-refractivity contribution is 6.32. The van der Waals surface area contributed by atoms with E-state index >= 15 is 0 Å². The van der Waals surface area contributed by atoms with Crippen molar-refractivity contribution in [2.75, 3.05) is 12.4 Å². The van der Waals surface area contributed by atoms with E-state index in [1.807, 2.05) is 0 Å². The third kappa shape index (κ3) is 3.49. The third-order valence-electron chi connectivity index (χ3n) is 2.05. The van der Waals surface area contributed by atoms with Gasteiger partial charge in [-0.15, -0.1) is 0 Å². The van der Waals surface area contributed by atoms with Crippen LogP contribution in [0.3, 0.4) is 0 Å². The number of carboxylic acids is 1. The summed E-state index contributed by atoms with van der Waals surface area (Å²) in [6, 6.07) is 3.16. The van der Waals surface area contributed by atoms with Crippen LogP contribution in [0.25, 0.3) is 6.08 Å². The zero-order chi connectivity index (χ0) is 13.7. The Morgan fingerprint density at radius 1 is 1.44 bits per heavy atom. The van der Waals surface area contributed by atoms with Crippen LogP contribution in [0.1, 0.15) is 12.5 Å². The molecule has 0 heterocycles. The quantitative estimate of drug-likeness (QED) is 0.823. The molecule has 0 aromatic heterocycles. The summed E-state index contributed by atoms with van der Waals surface area (Å²) in [7, 11) is 1.41. The molecule has 1 aromatic carbocycles. The van der Waals surface area contributed by atoms with Gasteiger partial charge in [-0.1, -0.05) is 17.7 Å². The fraction of sp³-hybridized carbons (Fsp3) is 0.167. The van der Waals surface area contributed by atoms with Gasteiger partial charge in [0.25, 0.3) is 0 Å². The SMILES string of the molecule is COc1c(Cl)ccc(C=CC(=O)O)c1NC(C)=O. The second kappa shape index (κ2) is 6.07. The van der Waals surface area contributed by atoms with Crippen LogP contribution in [0.2, 0.25) is 5.02 Å².